The predicted octanol–water partition coefficient (Wildman–Crippen LogP) is 2.93. The lowest BCUT2D eigenvalue weighted by molar-refractivity contribution is -0.121. The Balaban J connectivity index is 3.82. The number of hydrogen-bond donors (Lipinski definition) is 0. The van der Waals surface area contributed by atoms with Gasteiger partial charge in [-0.15, -0.1) is 0 Å². The van der Waals surface area contributed by atoms with Gasteiger partial charge in [-0.25, -0.2) is 0 Å². The average molecular weight is 181 g/mol. The Kier molecular flexibility index (Phi) is 6.22. The first kappa shape index (κ1) is 12.2. The van der Waals surface area contributed by atoms with Gasteiger partial charge < -0.3 is 0 Å². The lowest BCUT2D eigenvalue weighted by Crippen LogP contribution is -2.11. The largest absolute Gasteiger partial charge is 0.300 e. The molecule has 2 nitrogen and oxygen atoms in total. The van der Waals surface area contributed by atoms with Gasteiger partial charge in [-0.1, -0.05) is 20.3 Å². The standard InChI is InChI=1S/C11H19NO/c1-9(2)6-7-11(10(3)13)5-4-8-12/h9,11H,4-7H2,1-3H3. The summed E-state index contributed by atoms with van der Waals surface area (Å²) in [7, 11) is 0. The highest BCUT2D eigenvalue weighted by atomic mass is 16.1. The minimum Gasteiger partial charge on any atom is -0.300 e. The van der Waals surface area contributed by atoms with E-state index in [0.717, 1.165) is 19.3 Å². The third-order valence-electron chi connectivity index (χ3n) is 2.27. The van der Waals surface area contributed by atoms with Crippen LogP contribution in [0.1, 0.15) is 46.5 Å². The maximum absolute atomic E-state index is 11.2. The summed E-state index contributed by atoms with van der Waals surface area (Å²) < 4.78 is 0. The molecule has 0 aliphatic rings. The van der Waals surface area contributed by atoms with Crippen LogP contribution in [0.5, 0.6) is 0 Å². The Morgan fingerprint density at radius 2 is 1.92 bits per heavy atom. The van der Waals surface area contributed by atoms with Crippen LogP contribution in [0.25, 0.3) is 0 Å². The number of nitrogens with zero attached hydrogens (tertiary/aromatic N) is 1. The van der Waals surface area contributed by atoms with Crippen LogP contribution in [0.2, 0.25) is 0 Å². The first-order chi connectivity index (χ1) is 6.07. The van der Waals surface area contributed by atoms with E-state index in [2.05, 4.69) is 19.9 Å². The van der Waals surface area contributed by atoms with E-state index < -0.39 is 0 Å². The SMILES string of the molecule is CC(=O)C(CCC#N)CCC(C)C. The number of carbonyl (C=O) groups is 1. The summed E-state index contributed by atoms with van der Waals surface area (Å²) in [5.41, 5.74) is 0. The predicted molar refractivity (Wildman–Crippen MR) is 53.1 cm³/mol. The van der Waals surface area contributed by atoms with E-state index in [-0.39, 0.29) is 11.7 Å². The molecule has 0 aliphatic carbocycles. The average Bonchev–Trinajstić information content (AvgIpc) is 2.03. The number of hydrogen-bond acceptors (Lipinski definition) is 2. The molecule has 0 aromatic carbocycles. The van der Waals surface area contributed by atoms with Gasteiger partial charge in [-0.2, -0.15) is 5.26 Å². The molecule has 0 rings (SSSR count). The van der Waals surface area contributed by atoms with Crippen LogP contribution in [-0.2, 0) is 4.79 Å². The molecule has 1 atom stereocenters. The van der Waals surface area contributed by atoms with E-state index in [1.807, 2.05) is 0 Å². The second-order valence-electron chi connectivity index (χ2n) is 3.98. The zero-order chi connectivity index (χ0) is 10.3. The first-order valence-electron chi connectivity index (χ1n) is 4.95. The van der Waals surface area contributed by atoms with Crippen molar-refractivity contribution in [3.05, 3.63) is 0 Å². The maximum atomic E-state index is 11.2. The summed E-state index contributed by atoms with van der Waals surface area (Å²) >= 11 is 0. The minimum absolute atomic E-state index is 0.113. The number of carbonyl (C=O) groups excluding carboxylic acids is 1. The highest BCUT2D eigenvalue weighted by molar-refractivity contribution is 5.78. The molecule has 0 radical (unpaired) electrons. The van der Waals surface area contributed by atoms with Crippen molar-refractivity contribution in [2.75, 3.05) is 0 Å². The summed E-state index contributed by atoms with van der Waals surface area (Å²) in [5, 5.41) is 8.41. The second-order valence-corrected chi connectivity index (χ2v) is 3.98. The highest BCUT2D eigenvalue weighted by Crippen LogP contribution is 2.17. The molecule has 0 bridgehead atoms. The van der Waals surface area contributed by atoms with Crippen molar-refractivity contribution in [3.63, 3.8) is 0 Å². The summed E-state index contributed by atoms with van der Waals surface area (Å²) in [6.45, 7) is 5.94. The molecule has 2 heteroatoms. The van der Waals surface area contributed by atoms with Gasteiger partial charge in [0, 0.05) is 12.3 Å². The van der Waals surface area contributed by atoms with Gasteiger partial charge in [0.1, 0.15) is 5.78 Å². The molecule has 0 fully saturated rings. The van der Waals surface area contributed by atoms with Crippen LogP contribution in [0.15, 0.2) is 0 Å². The lowest BCUT2D eigenvalue weighted by Gasteiger charge is -2.12. The topological polar surface area (TPSA) is 40.9 Å². The van der Waals surface area contributed by atoms with Crippen molar-refractivity contribution >= 4 is 5.78 Å². The minimum atomic E-state index is 0.113. The van der Waals surface area contributed by atoms with Crippen molar-refractivity contribution < 1.29 is 4.79 Å². The summed E-state index contributed by atoms with van der Waals surface area (Å²) in [6, 6.07) is 2.09. The Labute approximate surface area is 80.9 Å². The summed E-state index contributed by atoms with van der Waals surface area (Å²) in [6.07, 6.45) is 3.26. The van der Waals surface area contributed by atoms with Gasteiger partial charge in [0.15, 0.2) is 0 Å². The number of nitriles is 1. The van der Waals surface area contributed by atoms with Gasteiger partial charge in [-0.3, -0.25) is 4.79 Å². The zero-order valence-electron chi connectivity index (χ0n) is 8.84. The first-order valence-corrected chi connectivity index (χ1v) is 4.95. The Bertz CT molecular complexity index is 191. The van der Waals surface area contributed by atoms with Gasteiger partial charge in [-0.05, 0) is 25.7 Å². The van der Waals surface area contributed by atoms with Crippen LogP contribution >= 0.6 is 0 Å². The van der Waals surface area contributed by atoms with E-state index in [9.17, 15) is 4.79 Å². The zero-order valence-corrected chi connectivity index (χ0v) is 8.84. The Hall–Kier alpha value is -0.840. The van der Waals surface area contributed by atoms with Gasteiger partial charge in [0.05, 0.1) is 6.07 Å². The Morgan fingerprint density at radius 1 is 1.31 bits per heavy atom. The van der Waals surface area contributed by atoms with Crippen molar-refractivity contribution in [2.45, 2.75) is 46.5 Å². The monoisotopic (exact) mass is 181 g/mol. The molecule has 74 valence electrons. The molecule has 0 aromatic heterocycles. The molecule has 0 heterocycles. The second kappa shape index (κ2) is 6.65. The Morgan fingerprint density at radius 3 is 2.31 bits per heavy atom. The maximum Gasteiger partial charge on any atom is 0.132 e. The van der Waals surface area contributed by atoms with Gasteiger partial charge >= 0.3 is 0 Å². The van der Waals surface area contributed by atoms with E-state index in [1.165, 1.54) is 0 Å². The molecule has 0 saturated carbocycles. The van der Waals surface area contributed by atoms with Crippen LogP contribution < -0.4 is 0 Å². The molecular formula is C11H19NO. The molecule has 13 heavy (non-hydrogen) atoms. The molecular weight excluding hydrogens is 162 g/mol. The van der Waals surface area contributed by atoms with E-state index >= 15 is 0 Å². The van der Waals surface area contributed by atoms with E-state index in [1.54, 1.807) is 6.92 Å². The quantitative estimate of drug-likeness (QED) is 0.632. The fraction of sp³-hybridized carbons (Fsp3) is 0.818. The van der Waals surface area contributed by atoms with Crippen molar-refractivity contribution in [3.8, 4) is 6.07 Å². The molecule has 0 amide bonds. The summed E-state index contributed by atoms with van der Waals surface area (Å²) in [5.74, 6) is 0.988. The lowest BCUT2D eigenvalue weighted by atomic mass is 9.91. The smallest absolute Gasteiger partial charge is 0.132 e. The highest BCUT2D eigenvalue weighted by Gasteiger charge is 2.13. The molecule has 0 aromatic rings. The molecule has 1 unspecified atom stereocenters. The number of Topliss-reactive ketones (excluding diaryl/α,β-unsaturated/α-hetero) is 1. The summed E-state index contributed by atoms with van der Waals surface area (Å²) in [4.78, 5) is 11.2. The van der Waals surface area contributed by atoms with E-state index in [0.29, 0.717) is 12.3 Å². The fourth-order valence-electron chi connectivity index (χ4n) is 1.32. The molecule has 0 saturated heterocycles. The number of ketones is 1. The molecule has 0 spiro atoms. The normalized spacial score (nSPS) is 12.5. The van der Waals surface area contributed by atoms with Crippen LogP contribution in [-0.4, -0.2) is 5.78 Å². The van der Waals surface area contributed by atoms with Crippen LogP contribution in [0, 0.1) is 23.2 Å². The van der Waals surface area contributed by atoms with Crippen molar-refractivity contribution in [1.29, 1.82) is 5.26 Å². The van der Waals surface area contributed by atoms with Crippen molar-refractivity contribution in [2.24, 2.45) is 11.8 Å². The van der Waals surface area contributed by atoms with Gasteiger partial charge in [0.2, 0.25) is 0 Å². The van der Waals surface area contributed by atoms with Crippen LogP contribution in [0.4, 0.5) is 0 Å². The third-order valence-corrected chi connectivity index (χ3v) is 2.27. The third kappa shape index (κ3) is 6.33. The van der Waals surface area contributed by atoms with Gasteiger partial charge in [0.25, 0.3) is 0 Å². The molecule has 0 aliphatic heterocycles. The van der Waals surface area contributed by atoms with Crippen molar-refractivity contribution in [1.82, 2.24) is 0 Å². The fourth-order valence-corrected chi connectivity index (χ4v) is 1.32. The molecule has 0 N–H and O–H groups in total. The number of rotatable bonds is 6. The van der Waals surface area contributed by atoms with E-state index in [4.69, 9.17) is 5.26 Å². The van der Waals surface area contributed by atoms with Crippen LogP contribution in [0.3, 0.4) is 0 Å².